The third-order valence-corrected chi connectivity index (χ3v) is 3.74. The Bertz CT molecular complexity index is 905. The van der Waals surface area contributed by atoms with Gasteiger partial charge in [-0.05, 0) is 48.0 Å². The van der Waals surface area contributed by atoms with Gasteiger partial charge in [-0.2, -0.15) is 0 Å². The first-order valence-corrected chi connectivity index (χ1v) is 7.71. The van der Waals surface area contributed by atoms with E-state index in [9.17, 15) is 4.79 Å². The molecular weight excluding hydrogens is 324 g/mol. The monoisotopic (exact) mass is 338 g/mol. The summed E-state index contributed by atoms with van der Waals surface area (Å²) >= 11 is 5.97. The molecule has 3 aromatic rings. The minimum Gasteiger partial charge on any atom is -0.497 e. The van der Waals surface area contributed by atoms with Crippen LogP contribution in [0.15, 0.2) is 60.8 Å². The van der Waals surface area contributed by atoms with Gasteiger partial charge in [0, 0.05) is 22.7 Å². The van der Waals surface area contributed by atoms with Crippen molar-refractivity contribution in [3.8, 4) is 5.75 Å². The summed E-state index contributed by atoms with van der Waals surface area (Å²) in [5.74, 6) is 0.562. The summed E-state index contributed by atoms with van der Waals surface area (Å²) in [5, 5.41) is 4.31. The van der Waals surface area contributed by atoms with E-state index in [4.69, 9.17) is 16.3 Å². The molecule has 0 radical (unpaired) electrons. The molecular formula is C19H15ClN2O2. The number of nitrogens with one attached hydrogen (secondary N) is 1. The molecule has 2 aromatic carbocycles. The zero-order valence-electron chi connectivity index (χ0n) is 13.0. The lowest BCUT2D eigenvalue weighted by Gasteiger charge is -2.06. The number of nitrogens with zero attached hydrogens (tertiary/aromatic N) is 1. The van der Waals surface area contributed by atoms with E-state index in [1.54, 1.807) is 37.6 Å². The van der Waals surface area contributed by atoms with E-state index < -0.39 is 0 Å². The quantitative estimate of drug-likeness (QED) is 0.710. The Morgan fingerprint density at radius 3 is 2.71 bits per heavy atom. The van der Waals surface area contributed by atoms with Crippen LogP contribution >= 0.6 is 11.6 Å². The molecule has 1 heterocycles. The number of anilines is 1. The summed E-state index contributed by atoms with van der Waals surface area (Å²) in [6, 6.07) is 14.6. The van der Waals surface area contributed by atoms with Gasteiger partial charge < -0.3 is 10.1 Å². The number of hydrogen-bond donors (Lipinski definition) is 1. The summed E-state index contributed by atoms with van der Waals surface area (Å²) in [6.45, 7) is 0. The molecule has 0 saturated carbocycles. The maximum atomic E-state index is 12.2. The van der Waals surface area contributed by atoms with E-state index in [1.807, 2.05) is 30.3 Å². The minimum atomic E-state index is -0.215. The highest BCUT2D eigenvalue weighted by atomic mass is 35.5. The highest BCUT2D eigenvalue weighted by Crippen LogP contribution is 2.24. The Labute approximate surface area is 144 Å². The zero-order chi connectivity index (χ0) is 16.9. The standard InChI is InChI=1S/C19H15ClN2O2/c1-24-15-6-2-13(3-7-15)4-9-19(23)22-17-10-11-21-18-12-14(20)5-8-16(17)18/h2-12H,1H3,(H,21,22,23)/b9-4+. The number of benzene rings is 2. The maximum Gasteiger partial charge on any atom is 0.248 e. The molecule has 0 aliphatic heterocycles. The van der Waals surface area contributed by atoms with E-state index in [1.165, 1.54) is 6.08 Å². The van der Waals surface area contributed by atoms with Crippen molar-refractivity contribution < 1.29 is 9.53 Å². The van der Waals surface area contributed by atoms with Gasteiger partial charge in [0.25, 0.3) is 0 Å². The van der Waals surface area contributed by atoms with Crippen LogP contribution in [0.3, 0.4) is 0 Å². The number of carbonyl (C=O) groups excluding carboxylic acids is 1. The van der Waals surface area contributed by atoms with Crippen LogP contribution in [0.5, 0.6) is 5.75 Å². The number of rotatable bonds is 4. The van der Waals surface area contributed by atoms with E-state index in [0.717, 1.165) is 22.2 Å². The third-order valence-electron chi connectivity index (χ3n) is 3.51. The summed E-state index contributed by atoms with van der Waals surface area (Å²) in [4.78, 5) is 16.4. The largest absolute Gasteiger partial charge is 0.497 e. The molecule has 0 saturated heterocycles. The van der Waals surface area contributed by atoms with Crippen LogP contribution in [0.4, 0.5) is 5.69 Å². The van der Waals surface area contributed by atoms with Crippen molar-refractivity contribution in [1.29, 1.82) is 0 Å². The van der Waals surface area contributed by atoms with Gasteiger partial charge >= 0.3 is 0 Å². The fraction of sp³-hybridized carbons (Fsp3) is 0.0526. The number of pyridine rings is 1. The number of ether oxygens (including phenoxy) is 1. The first-order chi connectivity index (χ1) is 11.7. The van der Waals surface area contributed by atoms with Gasteiger partial charge in [-0.25, -0.2) is 0 Å². The van der Waals surface area contributed by atoms with Crippen molar-refractivity contribution in [3.05, 3.63) is 71.4 Å². The molecule has 0 unspecified atom stereocenters. The van der Waals surface area contributed by atoms with Crippen LogP contribution in [0.1, 0.15) is 5.56 Å². The first-order valence-electron chi connectivity index (χ1n) is 7.33. The van der Waals surface area contributed by atoms with Crippen LogP contribution in [0, 0.1) is 0 Å². The predicted octanol–water partition coefficient (Wildman–Crippen LogP) is 4.55. The molecule has 0 atom stereocenters. The number of halogens is 1. The van der Waals surface area contributed by atoms with Gasteiger partial charge in [0.15, 0.2) is 0 Å². The van der Waals surface area contributed by atoms with Crippen molar-refractivity contribution in [2.75, 3.05) is 12.4 Å². The summed E-state index contributed by atoms with van der Waals surface area (Å²) in [7, 11) is 1.62. The fourth-order valence-electron chi connectivity index (χ4n) is 2.29. The number of amides is 1. The molecule has 3 rings (SSSR count). The number of carbonyl (C=O) groups is 1. The Kier molecular flexibility index (Phi) is 4.77. The van der Waals surface area contributed by atoms with Gasteiger partial charge in [-0.15, -0.1) is 0 Å². The normalized spacial score (nSPS) is 10.9. The zero-order valence-corrected chi connectivity index (χ0v) is 13.7. The highest BCUT2D eigenvalue weighted by Gasteiger charge is 2.05. The molecule has 120 valence electrons. The highest BCUT2D eigenvalue weighted by molar-refractivity contribution is 6.31. The molecule has 4 nitrogen and oxygen atoms in total. The van der Waals surface area contributed by atoms with Gasteiger partial charge in [-0.1, -0.05) is 23.7 Å². The first kappa shape index (κ1) is 16.0. The molecule has 0 bridgehead atoms. The van der Waals surface area contributed by atoms with E-state index >= 15 is 0 Å². The van der Waals surface area contributed by atoms with Crippen LogP contribution in [0.25, 0.3) is 17.0 Å². The second-order valence-electron chi connectivity index (χ2n) is 5.12. The Balaban J connectivity index is 1.76. The number of aromatic nitrogens is 1. The summed E-state index contributed by atoms with van der Waals surface area (Å²) in [5.41, 5.74) is 2.35. The lowest BCUT2D eigenvalue weighted by Crippen LogP contribution is -2.08. The average molecular weight is 339 g/mol. The maximum absolute atomic E-state index is 12.2. The van der Waals surface area contributed by atoms with Crippen molar-refractivity contribution in [3.63, 3.8) is 0 Å². The van der Waals surface area contributed by atoms with Gasteiger partial charge in [0.2, 0.25) is 5.91 Å². The van der Waals surface area contributed by atoms with Crippen molar-refractivity contribution in [2.24, 2.45) is 0 Å². The number of hydrogen-bond acceptors (Lipinski definition) is 3. The average Bonchev–Trinajstić information content (AvgIpc) is 2.60. The smallest absolute Gasteiger partial charge is 0.248 e. The van der Waals surface area contributed by atoms with E-state index in [0.29, 0.717) is 10.7 Å². The van der Waals surface area contributed by atoms with Crippen molar-refractivity contribution in [1.82, 2.24) is 4.98 Å². The molecule has 0 aliphatic carbocycles. The van der Waals surface area contributed by atoms with Crippen LogP contribution in [-0.4, -0.2) is 18.0 Å². The Morgan fingerprint density at radius 1 is 1.17 bits per heavy atom. The van der Waals surface area contributed by atoms with Gasteiger partial charge in [0.05, 0.1) is 18.3 Å². The van der Waals surface area contributed by atoms with Crippen molar-refractivity contribution in [2.45, 2.75) is 0 Å². The van der Waals surface area contributed by atoms with Crippen LogP contribution in [0.2, 0.25) is 5.02 Å². The summed E-state index contributed by atoms with van der Waals surface area (Å²) < 4.78 is 5.10. The number of fused-ring (bicyclic) bond motifs is 1. The lowest BCUT2D eigenvalue weighted by molar-refractivity contribution is -0.111. The van der Waals surface area contributed by atoms with Crippen LogP contribution < -0.4 is 10.1 Å². The molecule has 24 heavy (non-hydrogen) atoms. The van der Waals surface area contributed by atoms with E-state index in [2.05, 4.69) is 10.3 Å². The Hall–Kier alpha value is -2.85. The molecule has 0 spiro atoms. The molecule has 1 amide bonds. The van der Waals surface area contributed by atoms with Crippen molar-refractivity contribution >= 4 is 40.2 Å². The van der Waals surface area contributed by atoms with Gasteiger partial charge in [0.1, 0.15) is 5.75 Å². The molecule has 5 heteroatoms. The second kappa shape index (κ2) is 7.15. The Morgan fingerprint density at radius 2 is 1.96 bits per heavy atom. The third kappa shape index (κ3) is 3.73. The summed E-state index contributed by atoms with van der Waals surface area (Å²) in [6.07, 6.45) is 4.88. The van der Waals surface area contributed by atoms with E-state index in [-0.39, 0.29) is 5.91 Å². The number of methoxy groups -OCH3 is 1. The molecule has 0 fully saturated rings. The molecule has 0 aliphatic rings. The van der Waals surface area contributed by atoms with Crippen LogP contribution in [-0.2, 0) is 4.79 Å². The predicted molar refractivity (Wildman–Crippen MR) is 97.4 cm³/mol. The second-order valence-corrected chi connectivity index (χ2v) is 5.55. The molecule has 1 N–H and O–H groups in total. The lowest BCUT2D eigenvalue weighted by atomic mass is 10.2. The fourth-order valence-corrected chi connectivity index (χ4v) is 2.46. The van der Waals surface area contributed by atoms with Gasteiger partial charge in [-0.3, -0.25) is 9.78 Å². The minimum absolute atomic E-state index is 0.215. The SMILES string of the molecule is COc1ccc(/C=C/C(=O)Nc2ccnc3cc(Cl)ccc23)cc1. The topological polar surface area (TPSA) is 51.2 Å². The molecule has 1 aromatic heterocycles.